The molecule has 1 amide bonds. The molecule has 1 aromatic carbocycles. The summed E-state index contributed by atoms with van der Waals surface area (Å²) in [6.45, 7) is 0.575. The minimum atomic E-state index is -0.0149. The van der Waals surface area contributed by atoms with Crippen molar-refractivity contribution in [2.24, 2.45) is 0 Å². The normalized spacial score (nSPS) is 15.3. The predicted octanol–water partition coefficient (Wildman–Crippen LogP) is 4.23. The zero-order chi connectivity index (χ0) is 13.1. The minimum Gasteiger partial charge on any atom is -0.334 e. The van der Waals surface area contributed by atoms with Gasteiger partial charge in [0, 0.05) is 24.0 Å². The lowest BCUT2D eigenvalue weighted by atomic mass is 9.91. The van der Waals surface area contributed by atoms with Crippen molar-refractivity contribution >= 4 is 40.7 Å². The van der Waals surface area contributed by atoms with E-state index in [1.807, 2.05) is 4.90 Å². The first kappa shape index (κ1) is 14.0. The van der Waals surface area contributed by atoms with E-state index >= 15 is 0 Å². The van der Waals surface area contributed by atoms with Crippen LogP contribution < -0.4 is 0 Å². The zero-order valence-electron chi connectivity index (χ0n) is 9.83. The number of halogens is 3. The fraction of sp³-hybridized carbons (Fsp3) is 0.462. The average molecular weight is 307 g/mol. The molecule has 0 aliphatic heterocycles. The number of nitrogens with zero attached hydrogens (tertiary/aromatic N) is 1. The Labute approximate surface area is 122 Å². The number of amides is 1. The Balaban J connectivity index is 2.18. The molecule has 0 atom stereocenters. The quantitative estimate of drug-likeness (QED) is 0.762. The monoisotopic (exact) mass is 305 g/mol. The van der Waals surface area contributed by atoms with Gasteiger partial charge in [0.15, 0.2) is 0 Å². The summed E-state index contributed by atoms with van der Waals surface area (Å²) in [7, 11) is 0. The summed E-state index contributed by atoms with van der Waals surface area (Å²) >= 11 is 17.6. The molecule has 1 fully saturated rings. The van der Waals surface area contributed by atoms with Gasteiger partial charge in [-0.3, -0.25) is 4.79 Å². The van der Waals surface area contributed by atoms with Gasteiger partial charge in [-0.05, 0) is 37.5 Å². The summed E-state index contributed by atoms with van der Waals surface area (Å²) in [5.41, 5.74) is 0.571. The summed E-state index contributed by atoms with van der Waals surface area (Å²) in [4.78, 5) is 14.2. The molecule has 0 N–H and O–H groups in total. The van der Waals surface area contributed by atoms with Crippen LogP contribution in [0.15, 0.2) is 18.2 Å². The third-order valence-corrected chi connectivity index (χ3v) is 4.18. The largest absolute Gasteiger partial charge is 0.334 e. The second-order valence-electron chi connectivity index (χ2n) is 4.40. The zero-order valence-corrected chi connectivity index (χ0v) is 12.1. The lowest BCUT2D eigenvalue weighted by molar-refractivity contribution is 0.0598. The van der Waals surface area contributed by atoms with E-state index in [1.165, 1.54) is 6.42 Å². The molecule has 0 spiro atoms. The molecule has 0 aromatic heterocycles. The third-order valence-electron chi connectivity index (χ3n) is 3.27. The third kappa shape index (κ3) is 2.93. The molecule has 1 aliphatic carbocycles. The van der Waals surface area contributed by atoms with Gasteiger partial charge in [-0.15, -0.1) is 11.6 Å². The maximum Gasteiger partial charge on any atom is 0.254 e. The van der Waals surface area contributed by atoms with Gasteiger partial charge in [-0.25, -0.2) is 0 Å². The molecule has 2 nitrogen and oxygen atoms in total. The summed E-state index contributed by atoms with van der Waals surface area (Å²) in [6, 6.07) is 5.30. The lowest BCUT2D eigenvalue weighted by Gasteiger charge is -2.37. The smallest absolute Gasteiger partial charge is 0.254 e. The summed E-state index contributed by atoms with van der Waals surface area (Å²) in [5.74, 6) is 0.433. The van der Waals surface area contributed by atoms with E-state index in [9.17, 15) is 4.79 Å². The number of benzene rings is 1. The van der Waals surface area contributed by atoms with E-state index in [-0.39, 0.29) is 5.91 Å². The highest BCUT2D eigenvalue weighted by molar-refractivity contribution is 6.42. The van der Waals surface area contributed by atoms with Gasteiger partial charge < -0.3 is 4.90 Å². The van der Waals surface area contributed by atoms with Crippen LogP contribution in [0, 0.1) is 0 Å². The van der Waals surface area contributed by atoms with Crippen LogP contribution in [-0.2, 0) is 0 Å². The molecule has 0 saturated heterocycles. The van der Waals surface area contributed by atoms with Crippen LogP contribution in [0.25, 0.3) is 0 Å². The Hall–Kier alpha value is -0.440. The maximum absolute atomic E-state index is 12.4. The molecule has 2 rings (SSSR count). The topological polar surface area (TPSA) is 20.3 Å². The standard InChI is InChI=1S/C13H14Cl3NO/c14-6-7-17(10-2-1-3-10)13(18)9-4-5-11(15)12(16)8-9/h4-5,8,10H,1-3,6-7H2. The second kappa shape index (κ2) is 6.14. The first-order valence-corrected chi connectivity index (χ1v) is 7.24. The molecule has 1 saturated carbocycles. The Morgan fingerprint density at radius 3 is 2.50 bits per heavy atom. The molecule has 1 aliphatic rings. The number of alkyl halides is 1. The maximum atomic E-state index is 12.4. The van der Waals surface area contributed by atoms with Crippen LogP contribution >= 0.6 is 34.8 Å². The van der Waals surface area contributed by atoms with E-state index in [4.69, 9.17) is 34.8 Å². The van der Waals surface area contributed by atoms with Crippen LogP contribution in [0.1, 0.15) is 29.6 Å². The van der Waals surface area contributed by atoms with Crippen LogP contribution in [0.4, 0.5) is 0 Å². The number of rotatable bonds is 4. The van der Waals surface area contributed by atoms with Gasteiger partial charge in [0.2, 0.25) is 0 Å². The summed E-state index contributed by atoms with van der Waals surface area (Å²) in [5, 5.41) is 0.864. The van der Waals surface area contributed by atoms with Gasteiger partial charge >= 0.3 is 0 Å². The Morgan fingerprint density at radius 2 is 2.00 bits per heavy atom. The van der Waals surface area contributed by atoms with Crippen LogP contribution in [0.5, 0.6) is 0 Å². The van der Waals surface area contributed by atoms with Crippen molar-refractivity contribution in [3.63, 3.8) is 0 Å². The second-order valence-corrected chi connectivity index (χ2v) is 5.59. The van der Waals surface area contributed by atoms with E-state index in [1.54, 1.807) is 18.2 Å². The van der Waals surface area contributed by atoms with Gasteiger partial charge in [0.05, 0.1) is 10.0 Å². The van der Waals surface area contributed by atoms with Crippen molar-refractivity contribution < 1.29 is 4.79 Å². The van der Waals surface area contributed by atoms with Gasteiger partial charge in [0.25, 0.3) is 5.91 Å². The predicted molar refractivity (Wildman–Crippen MR) is 75.9 cm³/mol. The molecule has 5 heteroatoms. The van der Waals surface area contributed by atoms with E-state index in [0.29, 0.717) is 34.1 Å². The van der Waals surface area contributed by atoms with Crippen molar-refractivity contribution in [2.45, 2.75) is 25.3 Å². The molecule has 1 aromatic rings. The minimum absolute atomic E-state index is 0.0149. The Bertz CT molecular complexity index is 446. The molecular formula is C13H14Cl3NO. The van der Waals surface area contributed by atoms with Crippen molar-refractivity contribution in [1.82, 2.24) is 4.90 Å². The Kier molecular flexibility index (Phi) is 4.77. The highest BCUT2D eigenvalue weighted by atomic mass is 35.5. The highest BCUT2D eigenvalue weighted by Gasteiger charge is 2.29. The van der Waals surface area contributed by atoms with Crippen LogP contribution in [0.3, 0.4) is 0 Å². The van der Waals surface area contributed by atoms with Crippen molar-refractivity contribution in [3.8, 4) is 0 Å². The molecule has 18 heavy (non-hydrogen) atoms. The molecule has 0 radical (unpaired) electrons. The van der Waals surface area contributed by atoms with Crippen LogP contribution in [-0.4, -0.2) is 29.3 Å². The fourth-order valence-electron chi connectivity index (χ4n) is 2.03. The average Bonchev–Trinajstić information content (AvgIpc) is 2.29. The number of hydrogen-bond donors (Lipinski definition) is 0. The SMILES string of the molecule is O=C(c1ccc(Cl)c(Cl)c1)N(CCCl)C1CCC1. The van der Waals surface area contributed by atoms with Crippen molar-refractivity contribution in [2.75, 3.05) is 12.4 Å². The molecular weight excluding hydrogens is 293 g/mol. The molecule has 0 heterocycles. The first-order valence-electron chi connectivity index (χ1n) is 5.95. The van der Waals surface area contributed by atoms with Crippen molar-refractivity contribution in [3.05, 3.63) is 33.8 Å². The summed E-state index contributed by atoms with van der Waals surface area (Å²) in [6.07, 6.45) is 3.30. The fourth-order valence-corrected chi connectivity index (χ4v) is 2.51. The molecule has 98 valence electrons. The van der Waals surface area contributed by atoms with E-state index in [2.05, 4.69) is 0 Å². The number of carbonyl (C=O) groups is 1. The number of carbonyl (C=O) groups excluding carboxylic acids is 1. The number of hydrogen-bond acceptors (Lipinski definition) is 1. The van der Waals surface area contributed by atoms with Gasteiger partial charge in [-0.2, -0.15) is 0 Å². The lowest BCUT2D eigenvalue weighted by Crippen LogP contribution is -2.45. The molecule has 0 unspecified atom stereocenters. The van der Waals surface area contributed by atoms with Crippen molar-refractivity contribution in [1.29, 1.82) is 0 Å². The van der Waals surface area contributed by atoms with Gasteiger partial charge in [0.1, 0.15) is 0 Å². The van der Waals surface area contributed by atoms with Crippen LogP contribution in [0.2, 0.25) is 10.0 Å². The van der Waals surface area contributed by atoms with E-state index in [0.717, 1.165) is 12.8 Å². The first-order chi connectivity index (χ1) is 8.63. The molecule has 0 bridgehead atoms. The van der Waals surface area contributed by atoms with Gasteiger partial charge in [-0.1, -0.05) is 23.2 Å². The highest BCUT2D eigenvalue weighted by Crippen LogP contribution is 2.28. The Morgan fingerprint density at radius 1 is 1.28 bits per heavy atom. The summed E-state index contributed by atoms with van der Waals surface area (Å²) < 4.78 is 0. The van der Waals surface area contributed by atoms with E-state index < -0.39 is 0 Å².